The Kier molecular flexibility index (Phi) is 2.09. The van der Waals surface area contributed by atoms with Crippen LogP contribution in [0, 0.1) is 10.8 Å². The Balaban J connectivity index is 2.60. The molecule has 0 radical (unpaired) electrons. The van der Waals surface area contributed by atoms with Gasteiger partial charge in [0, 0.05) is 5.41 Å². The predicted molar refractivity (Wildman–Crippen MR) is 52.6 cm³/mol. The van der Waals surface area contributed by atoms with Gasteiger partial charge in [-0.25, -0.2) is 0 Å². The topological polar surface area (TPSA) is 26.0 Å². The molecular formula is C11H19N. The third-order valence-electron chi connectivity index (χ3n) is 2.96. The first-order valence-electron chi connectivity index (χ1n) is 4.63. The van der Waals surface area contributed by atoms with E-state index in [-0.39, 0.29) is 5.41 Å². The molecule has 1 aliphatic rings. The lowest BCUT2D eigenvalue weighted by Crippen LogP contribution is -2.32. The van der Waals surface area contributed by atoms with Gasteiger partial charge in [-0.15, -0.1) is 5.73 Å². The molecule has 12 heavy (non-hydrogen) atoms. The Bertz CT molecular complexity index is 244. The van der Waals surface area contributed by atoms with Crippen molar-refractivity contribution in [1.82, 2.24) is 0 Å². The largest absolute Gasteiger partial charge is 0.395 e. The highest BCUT2D eigenvalue weighted by Crippen LogP contribution is 2.43. The molecule has 0 aromatic rings. The number of hydrogen-bond donors (Lipinski definition) is 1. The molecule has 1 unspecified atom stereocenters. The lowest BCUT2D eigenvalue weighted by molar-refractivity contribution is 0.234. The van der Waals surface area contributed by atoms with Crippen LogP contribution in [0.2, 0.25) is 0 Å². The minimum absolute atomic E-state index is 0.125. The van der Waals surface area contributed by atoms with Gasteiger partial charge in [0.25, 0.3) is 0 Å². The van der Waals surface area contributed by atoms with E-state index in [2.05, 4.69) is 39.5 Å². The van der Waals surface area contributed by atoms with Gasteiger partial charge in [-0.05, 0) is 24.8 Å². The predicted octanol–water partition coefficient (Wildman–Crippen LogP) is 2.83. The smallest absolute Gasteiger partial charge is 0.0614 e. The van der Waals surface area contributed by atoms with E-state index in [0.717, 1.165) is 12.1 Å². The molecule has 2 N–H and O–H groups in total. The zero-order valence-electron chi connectivity index (χ0n) is 8.57. The summed E-state index contributed by atoms with van der Waals surface area (Å²) < 4.78 is 0. The van der Waals surface area contributed by atoms with Crippen molar-refractivity contribution in [2.75, 3.05) is 0 Å². The van der Waals surface area contributed by atoms with E-state index in [0.29, 0.717) is 5.41 Å². The average Bonchev–Trinajstić information content (AvgIpc) is 2.01. The maximum absolute atomic E-state index is 5.79. The molecule has 0 heterocycles. The molecule has 1 nitrogen and oxygen atoms in total. The van der Waals surface area contributed by atoms with E-state index in [9.17, 15) is 0 Å². The van der Waals surface area contributed by atoms with Gasteiger partial charge in [0.05, 0.1) is 5.70 Å². The Morgan fingerprint density at radius 1 is 1.58 bits per heavy atom. The van der Waals surface area contributed by atoms with E-state index < -0.39 is 0 Å². The Morgan fingerprint density at radius 2 is 2.17 bits per heavy atom. The highest BCUT2D eigenvalue weighted by molar-refractivity contribution is 5.27. The van der Waals surface area contributed by atoms with Gasteiger partial charge in [-0.1, -0.05) is 27.2 Å². The summed E-state index contributed by atoms with van der Waals surface area (Å²) in [5.41, 5.74) is 10.2. The monoisotopic (exact) mass is 165 g/mol. The SMILES string of the molecule is CCC(C)(C)CC1(C)C=C=C1N. The van der Waals surface area contributed by atoms with Gasteiger partial charge >= 0.3 is 0 Å². The van der Waals surface area contributed by atoms with Crippen LogP contribution >= 0.6 is 0 Å². The van der Waals surface area contributed by atoms with Crippen LogP contribution in [0.15, 0.2) is 17.5 Å². The van der Waals surface area contributed by atoms with Crippen LogP contribution in [0.3, 0.4) is 0 Å². The zero-order chi connectivity index (χ0) is 9.41. The molecule has 0 spiro atoms. The molecule has 0 saturated carbocycles. The summed E-state index contributed by atoms with van der Waals surface area (Å²) in [5.74, 6) is 0. The number of rotatable bonds is 3. The third kappa shape index (κ3) is 1.56. The van der Waals surface area contributed by atoms with Crippen molar-refractivity contribution >= 4 is 0 Å². The second kappa shape index (κ2) is 2.67. The van der Waals surface area contributed by atoms with Gasteiger partial charge in [0.2, 0.25) is 0 Å². The van der Waals surface area contributed by atoms with E-state index in [4.69, 9.17) is 5.73 Å². The maximum atomic E-state index is 5.79. The highest BCUT2D eigenvalue weighted by Gasteiger charge is 2.35. The molecule has 0 saturated heterocycles. The average molecular weight is 165 g/mol. The first-order chi connectivity index (χ1) is 5.40. The van der Waals surface area contributed by atoms with Crippen LogP contribution in [-0.4, -0.2) is 0 Å². The summed E-state index contributed by atoms with van der Waals surface area (Å²) in [7, 11) is 0. The molecule has 1 heteroatoms. The summed E-state index contributed by atoms with van der Waals surface area (Å²) in [6, 6.07) is 0. The van der Waals surface area contributed by atoms with Crippen molar-refractivity contribution in [1.29, 1.82) is 0 Å². The molecule has 1 rings (SSSR count). The normalized spacial score (nSPS) is 28.2. The second-order valence-electron chi connectivity index (χ2n) is 4.81. The molecule has 68 valence electrons. The van der Waals surface area contributed by atoms with Crippen LogP contribution in [-0.2, 0) is 0 Å². The first kappa shape index (κ1) is 9.41. The summed E-state index contributed by atoms with van der Waals surface area (Å²) >= 11 is 0. The molecule has 1 aliphatic carbocycles. The highest BCUT2D eigenvalue weighted by atomic mass is 14.7. The second-order valence-corrected chi connectivity index (χ2v) is 4.81. The van der Waals surface area contributed by atoms with Gasteiger partial charge in [0.15, 0.2) is 0 Å². The summed E-state index contributed by atoms with van der Waals surface area (Å²) in [4.78, 5) is 0. The summed E-state index contributed by atoms with van der Waals surface area (Å²) in [6.45, 7) is 9.00. The minimum Gasteiger partial charge on any atom is -0.395 e. The summed E-state index contributed by atoms with van der Waals surface area (Å²) in [5, 5.41) is 0. The minimum atomic E-state index is 0.125. The van der Waals surface area contributed by atoms with Crippen LogP contribution in [0.4, 0.5) is 0 Å². The molecule has 0 aromatic carbocycles. The van der Waals surface area contributed by atoms with Gasteiger partial charge in [-0.3, -0.25) is 0 Å². The Morgan fingerprint density at radius 3 is 2.42 bits per heavy atom. The van der Waals surface area contributed by atoms with E-state index in [1.165, 1.54) is 6.42 Å². The van der Waals surface area contributed by atoms with E-state index in [1.54, 1.807) is 0 Å². The quantitative estimate of drug-likeness (QED) is 0.639. The fourth-order valence-corrected chi connectivity index (χ4v) is 1.67. The molecule has 0 amide bonds. The lowest BCUT2D eigenvalue weighted by Gasteiger charge is -2.37. The fourth-order valence-electron chi connectivity index (χ4n) is 1.67. The molecule has 0 fully saturated rings. The summed E-state index contributed by atoms with van der Waals surface area (Å²) in [6.07, 6.45) is 4.43. The van der Waals surface area contributed by atoms with Crippen LogP contribution in [0.1, 0.15) is 40.5 Å². The standard InChI is InChI=1S/C11H19N/c1-5-10(2,3)8-11(4)7-6-9(11)12/h7H,5,8,12H2,1-4H3. The van der Waals surface area contributed by atoms with Gasteiger partial charge in [-0.2, -0.15) is 0 Å². The van der Waals surface area contributed by atoms with Crippen molar-refractivity contribution in [3.63, 3.8) is 0 Å². The van der Waals surface area contributed by atoms with Crippen molar-refractivity contribution < 1.29 is 0 Å². The molecule has 0 aliphatic heterocycles. The Hall–Kier alpha value is -0.680. The van der Waals surface area contributed by atoms with E-state index >= 15 is 0 Å². The van der Waals surface area contributed by atoms with Crippen molar-refractivity contribution in [2.45, 2.75) is 40.5 Å². The molecular weight excluding hydrogens is 146 g/mol. The lowest BCUT2D eigenvalue weighted by atomic mass is 9.68. The zero-order valence-corrected chi connectivity index (χ0v) is 8.57. The van der Waals surface area contributed by atoms with Crippen molar-refractivity contribution in [3.8, 4) is 0 Å². The van der Waals surface area contributed by atoms with E-state index in [1.807, 2.05) is 0 Å². The van der Waals surface area contributed by atoms with Crippen LogP contribution in [0.25, 0.3) is 0 Å². The first-order valence-corrected chi connectivity index (χ1v) is 4.63. The molecule has 1 atom stereocenters. The third-order valence-corrected chi connectivity index (χ3v) is 2.96. The van der Waals surface area contributed by atoms with Crippen LogP contribution in [0.5, 0.6) is 0 Å². The fraction of sp³-hybridized carbons (Fsp3) is 0.727. The number of hydrogen-bond acceptors (Lipinski definition) is 1. The van der Waals surface area contributed by atoms with Crippen molar-refractivity contribution in [2.24, 2.45) is 16.6 Å². The number of nitrogens with two attached hydrogens (primary N) is 1. The van der Waals surface area contributed by atoms with Crippen molar-refractivity contribution in [3.05, 3.63) is 17.5 Å². The molecule has 0 bridgehead atoms. The van der Waals surface area contributed by atoms with Crippen LogP contribution < -0.4 is 5.73 Å². The molecule has 0 aromatic heterocycles. The van der Waals surface area contributed by atoms with Gasteiger partial charge < -0.3 is 5.73 Å². The maximum Gasteiger partial charge on any atom is 0.0614 e. The van der Waals surface area contributed by atoms with Gasteiger partial charge in [0.1, 0.15) is 0 Å². The Labute approximate surface area is 75.3 Å².